The molecule has 1 aliphatic rings. The quantitative estimate of drug-likeness (QED) is 0.520. The fourth-order valence-electron chi connectivity index (χ4n) is 2.10. The Bertz CT molecular complexity index is 295. The second-order valence-corrected chi connectivity index (χ2v) is 3.96. The molecule has 4 heteroatoms. The van der Waals surface area contributed by atoms with Gasteiger partial charge in [0.05, 0.1) is 6.61 Å². The van der Waals surface area contributed by atoms with Crippen LogP contribution < -0.4 is 0 Å². The molecule has 0 bridgehead atoms. The highest BCUT2D eigenvalue weighted by Crippen LogP contribution is 2.39. The van der Waals surface area contributed by atoms with Crippen molar-refractivity contribution in [2.24, 2.45) is 5.41 Å². The van der Waals surface area contributed by atoms with Gasteiger partial charge in [0.25, 0.3) is 0 Å². The number of ether oxygens (including phenoxy) is 1. The molecule has 4 nitrogen and oxygen atoms in total. The minimum absolute atomic E-state index is 0.00926. The van der Waals surface area contributed by atoms with Gasteiger partial charge in [0.1, 0.15) is 11.2 Å². The maximum atomic E-state index is 11.7. The third-order valence-corrected chi connectivity index (χ3v) is 2.76. The van der Waals surface area contributed by atoms with Crippen molar-refractivity contribution in [3.8, 4) is 0 Å². The standard InChI is InChI=1S/C11H16O4/c1-3-15-10(14)11(7-8(2)12)6-4-5-9(11)13/h3-7H2,1-2H3. The molecule has 0 amide bonds. The van der Waals surface area contributed by atoms with Gasteiger partial charge in [-0.1, -0.05) is 0 Å². The van der Waals surface area contributed by atoms with E-state index in [1.165, 1.54) is 6.92 Å². The summed E-state index contributed by atoms with van der Waals surface area (Å²) in [6, 6.07) is 0. The zero-order valence-corrected chi connectivity index (χ0v) is 9.17. The second-order valence-electron chi connectivity index (χ2n) is 3.96. The number of ketones is 2. The van der Waals surface area contributed by atoms with Crippen LogP contribution >= 0.6 is 0 Å². The topological polar surface area (TPSA) is 60.4 Å². The van der Waals surface area contributed by atoms with Crippen molar-refractivity contribution >= 4 is 17.5 Å². The molecule has 1 unspecified atom stereocenters. The molecule has 0 aromatic rings. The van der Waals surface area contributed by atoms with E-state index in [9.17, 15) is 14.4 Å². The van der Waals surface area contributed by atoms with E-state index >= 15 is 0 Å². The number of hydrogen-bond donors (Lipinski definition) is 0. The first-order valence-corrected chi connectivity index (χ1v) is 5.23. The van der Waals surface area contributed by atoms with Gasteiger partial charge in [-0.3, -0.25) is 14.4 Å². The molecule has 0 N–H and O–H groups in total. The van der Waals surface area contributed by atoms with Crippen molar-refractivity contribution in [2.45, 2.75) is 39.5 Å². The molecule has 15 heavy (non-hydrogen) atoms. The van der Waals surface area contributed by atoms with Crippen LogP contribution in [-0.2, 0) is 19.1 Å². The molecule has 1 rings (SSSR count). The van der Waals surface area contributed by atoms with Gasteiger partial charge in [-0.25, -0.2) is 0 Å². The van der Waals surface area contributed by atoms with Crippen LogP contribution in [0.15, 0.2) is 0 Å². The Balaban J connectivity index is 2.90. The summed E-state index contributed by atoms with van der Waals surface area (Å²) < 4.78 is 4.89. The number of rotatable bonds is 4. The lowest BCUT2D eigenvalue weighted by molar-refractivity contribution is -0.160. The third-order valence-electron chi connectivity index (χ3n) is 2.76. The molecule has 0 aromatic carbocycles. The van der Waals surface area contributed by atoms with Crippen LogP contribution in [0, 0.1) is 5.41 Å². The lowest BCUT2D eigenvalue weighted by atomic mass is 9.80. The molecule has 1 fully saturated rings. The first kappa shape index (κ1) is 11.9. The molecule has 1 atom stereocenters. The minimum Gasteiger partial charge on any atom is -0.465 e. The molecule has 0 aromatic heterocycles. The Morgan fingerprint density at radius 2 is 2.13 bits per heavy atom. The summed E-state index contributed by atoms with van der Waals surface area (Å²) in [4.78, 5) is 34.5. The molecular weight excluding hydrogens is 196 g/mol. The van der Waals surface area contributed by atoms with Crippen molar-refractivity contribution < 1.29 is 19.1 Å². The van der Waals surface area contributed by atoms with E-state index in [2.05, 4.69) is 0 Å². The first-order chi connectivity index (χ1) is 7.03. The van der Waals surface area contributed by atoms with E-state index in [0.29, 0.717) is 19.3 Å². The summed E-state index contributed by atoms with van der Waals surface area (Å²) in [5.74, 6) is -0.808. The maximum absolute atomic E-state index is 11.7. The van der Waals surface area contributed by atoms with Crippen molar-refractivity contribution in [2.75, 3.05) is 6.61 Å². The summed E-state index contributed by atoms with van der Waals surface area (Å²) in [6.45, 7) is 3.33. The monoisotopic (exact) mass is 212 g/mol. The highest BCUT2D eigenvalue weighted by atomic mass is 16.5. The van der Waals surface area contributed by atoms with Crippen LogP contribution in [0.3, 0.4) is 0 Å². The highest BCUT2D eigenvalue weighted by molar-refractivity contribution is 6.08. The Morgan fingerprint density at radius 1 is 1.47 bits per heavy atom. The summed E-state index contributed by atoms with van der Waals surface area (Å²) in [5.41, 5.74) is -1.16. The van der Waals surface area contributed by atoms with Crippen LogP contribution in [0.2, 0.25) is 0 Å². The molecule has 1 saturated carbocycles. The van der Waals surface area contributed by atoms with Crippen LogP contribution in [0.4, 0.5) is 0 Å². The van der Waals surface area contributed by atoms with Crippen LogP contribution in [-0.4, -0.2) is 24.1 Å². The van der Waals surface area contributed by atoms with Crippen molar-refractivity contribution in [1.29, 1.82) is 0 Å². The average molecular weight is 212 g/mol. The molecular formula is C11H16O4. The molecule has 0 saturated heterocycles. The minimum atomic E-state index is -1.16. The summed E-state index contributed by atoms with van der Waals surface area (Å²) in [6.07, 6.45) is 1.49. The Hall–Kier alpha value is -1.19. The van der Waals surface area contributed by atoms with Gasteiger partial charge in [-0.05, 0) is 26.7 Å². The number of esters is 1. The highest BCUT2D eigenvalue weighted by Gasteiger charge is 2.50. The van der Waals surface area contributed by atoms with Gasteiger partial charge in [-0.15, -0.1) is 0 Å². The largest absolute Gasteiger partial charge is 0.465 e. The fraction of sp³-hybridized carbons (Fsp3) is 0.727. The third kappa shape index (κ3) is 2.25. The van der Waals surface area contributed by atoms with Gasteiger partial charge in [0, 0.05) is 12.8 Å². The zero-order chi connectivity index (χ0) is 11.5. The number of hydrogen-bond acceptors (Lipinski definition) is 4. The van der Waals surface area contributed by atoms with Gasteiger partial charge in [0.2, 0.25) is 0 Å². The van der Waals surface area contributed by atoms with Crippen LogP contribution in [0.1, 0.15) is 39.5 Å². The van der Waals surface area contributed by atoms with E-state index in [1.807, 2.05) is 0 Å². The van der Waals surface area contributed by atoms with E-state index in [4.69, 9.17) is 4.74 Å². The Labute approximate surface area is 89.0 Å². The molecule has 0 aliphatic heterocycles. The molecule has 0 heterocycles. The predicted octanol–water partition coefficient (Wildman–Crippen LogP) is 1.27. The average Bonchev–Trinajstić information content (AvgIpc) is 2.48. The molecule has 84 valence electrons. The van der Waals surface area contributed by atoms with Gasteiger partial charge < -0.3 is 4.74 Å². The van der Waals surface area contributed by atoms with Gasteiger partial charge in [-0.2, -0.15) is 0 Å². The lowest BCUT2D eigenvalue weighted by Gasteiger charge is -2.23. The van der Waals surface area contributed by atoms with Gasteiger partial charge in [0.15, 0.2) is 5.78 Å². The van der Waals surface area contributed by atoms with Crippen molar-refractivity contribution in [3.05, 3.63) is 0 Å². The zero-order valence-electron chi connectivity index (χ0n) is 9.17. The molecule has 0 radical (unpaired) electrons. The summed E-state index contributed by atoms with van der Waals surface area (Å²) >= 11 is 0. The van der Waals surface area contributed by atoms with Gasteiger partial charge >= 0.3 is 5.97 Å². The van der Waals surface area contributed by atoms with E-state index in [0.717, 1.165) is 0 Å². The van der Waals surface area contributed by atoms with Crippen LogP contribution in [0.5, 0.6) is 0 Å². The lowest BCUT2D eigenvalue weighted by Crippen LogP contribution is -2.38. The maximum Gasteiger partial charge on any atom is 0.320 e. The van der Waals surface area contributed by atoms with Crippen molar-refractivity contribution in [3.63, 3.8) is 0 Å². The summed E-state index contributed by atoms with van der Waals surface area (Å²) in [5, 5.41) is 0. The SMILES string of the molecule is CCOC(=O)C1(CC(C)=O)CCCC1=O. The number of Topliss-reactive ketones (excluding diaryl/α,β-unsaturated/α-hetero) is 2. The number of carbonyl (C=O) groups excluding carboxylic acids is 3. The molecule has 0 spiro atoms. The summed E-state index contributed by atoms with van der Waals surface area (Å²) in [7, 11) is 0. The first-order valence-electron chi connectivity index (χ1n) is 5.23. The number of carbonyl (C=O) groups is 3. The van der Waals surface area contributed by atoms with Crippen molar-refractivity contribution in [1.82, 2.24) is 0 Å². The Morgan fingerprint density at radius 3 is 2.53 bits per heavy atom. The van der Waals surface area contributed by atoms with E-state index in [1.54, 1.807) is 6.92 Å². The van der Waals surface area contributed by atoms with E-state index in [-0.39, 0.29) is 24.6 Å². The van der Waals surface area contributed by atoms with Crippen LogP contribution in [0.25, 0.3) is 0 Å². The second kappa shape index (κ2) is 4.55. The van der Waals surface area contributed by atoms with E-state index < -0.39 is 11.4 Å². The predicted molar refractivity (Wildman–Crippen MR) is 53.2 cm³/mol. The Kier molecular flexibility index (Phi) is 3.61. The normalized spacial score (nSPS) is 25.3. The smallest absolute Gasteiger partial charge is 0.320 e. The molecule has 1 aliphatic carbocycles. The fourth-order valence-corrected chi connectivity index (χ4v) is 2.10.